The Balaban J connectivity index is 2.22. The second kappa shape index (κ2) is 4.31. The van der Waals surface area contributed by atoms with Gasteiger partial charge in [-0.15, -0.1) is 0 Å². The van der Waals surface area contributed by atoms with E-state index in [4.69, 9.17) is 5.11 Å². The maximum atomic E-state index is 13.9. The van der Waals surface area contributed by atoms with Crippen LogP contribution in [0, 0.1) is 0 Å². The molecule has 0 aromatic carbocycles. The molecule has 1 aromatic rings. The number of anilines is 1. The van der Waals surface area contributed by atoms with Gasteiger partial charge in [0, 0.05) is 6.54 Å². The second-order valence-electron chi connectivity index (χ2n) is 4.62. The summed E-state index contributed by atoms with van der Waals surface area (Å²) in [4.78, 5) is 16.6. The highest BCUT2D eigenvalue weighted by atomic mass is 19.1. The second-order valence-corrected chi connectivity index (χ2v) is 4.62. The predicted molar refractivity (Wildman–Crippen MR) is 62.2 cm³/mol. The Morgan fingerprint density at radius 1 is 1.59 bits per heavy atom. The summed E-state index contributed by atoms with van der Waals surface area (Å²) in [7, 11) is 0. The van der Waals surface area contributed by atoms with Crippen LogP contribution in [0.4, 0.5) is 10.2 Å². The highest BCUT2D eigenvalue weighted by Crippen LogP contribution is 2.27. The highest BCUT2D eigenvalue weighted by Gasteiger charge is 2.31. The lowest BCUT2D eigenvalue weighted by Gasteiger charge is -2.35. The molecule has 92 valence electrons. The molecule has 2 rings (SSSR count). The number of aromatic nitrogens is 1. The summed E-state index contributed by atoms with van der Waals surface area (Å²) < 4.78 is 13.9. The fourth-order valence-corrected chi connectivity index (χ4v) is 2.11. The fraction of sp³-hybridized carbons (Fsp3) is 0.500. The first-order chi connectivity index (χ1) is 7.98. The number of rotatable bonds is 2. The summed E-state index contributed by atoms with van der Waals surface area (Å²) in [6, 6.07) is 4.79. The van der Waals surface area contributed by atoms with E-state index in [2.05, 4.69) is 4.98 Å². The number of carboxylic acids is 1. The quantitative estimate of drug-likeness (QED) is 0.857. The molecule has 1 fully saturated rings. The normalized spacial score (nSPS) is 24.7. The van der Waals surface area contributed by atoms with Crippen LogP contribution < -0.4 is 4.90 Å². The van der Waals surface area contributed by atoms with Crippen LogP contribution in [0.2, 0.25) is 0 Å². The maximum Gasteiger partial charge on any atom is 0.354 e. The van der Waals surface area contributed by atoms with E-state index in [0.29, 0.717) is 12.2 Å². The van der Waals surface area contributed by atoms with Crippen molar-refractivity contribution in [2.45, 2.75) is 25.4 Å². The molecule has 1 unspecified atom stereocenters. The van der Waals surface area contributed by atoms with Crippen molar-refractivity contribution < 1.29 is 14.3 Å². The van der Waals surface area contributed by atoms with Gasteiger partial charge in [0.05, 0.1) is 6.54 Å². The fourth-order valence-electron chi connectivity index (χ4n) is 2.11. The molecule has 5 heteroatoms. The molecule has 0 spiro atoms. The average molecular weight is 238 g/mol. The van der Waals surface area contributed by atoms with Crippen molar-refractivity contribution in [3.05, 3.63) is 23.9 Å². The summed E-state index contributed by atoms with van der Waals surface area (Å²) >= 11 is 0. The van der Waals surface area contributed by atoms with Gasteiger partial charge in [-0.1, -0.05) is 6.07 Å². The van der Waals surface area contributed by atoms with E-state index < -0.39 is 11.6 Å². The number of pyridine rings is 1. The van der Waals surface area contributed by atoms with Crippen LogP contribution in [0.5, 0.6) is 0 Å². The molecule has 2 heterocycles. The van der Waals surface area contributed by atoms with E-state index in [-0.39, 0.29) is 12.2 Å². The monoisotopic (exact) mass is 238 g/mol. The molecular weight excluding hydrogens is 223 g/mol. The number of aromatic carboxylic acids is 1. The van der Waals surface area contributed by atoms with E-state index in [0.717, 1.165) is 13.0 Å². The van der Waals surface area contributed by atoms with Crippen molar-refractivity contribution in [2.24, 2.45) is 0 Å². The SMILES string of the molecule is CC1(F)CCCN(c2cccc(C(=O)O)n2)C1. The van der Waals surface area contributed by atoms with Crippen molar-refractivity contribution in [3.8, 4) is 0 Å². The third kappa shape index (κ3) is 2.72. The van der Waals surface area contributed by atoms with Crippen LogP contribution in [0.1, 0.15) is 30.3 Å². The highest BCUT2D eigenvalue weighted by molar-refractivity contribution is 5.85. The van der Waals surface area contributed by atoms with E-state index in [1.54, 1.807) is 24.0 Å². The molecule has 1 atom stereocenters. The van der Waals surface area contributed by atoms with Gasteiger partial charge in [-0.25, -0.2) is 14.2 Å². The zero-order valence-electron chi connectivity index (χ0n) is 9.69. The van der Waals surface area contributed by atoms with Gasteiger partial charge in [0.25, 0.3) is 0 Å². The van der Waals surface area contributed by atoms with Gasteiger partial charge in [-0.05, 0) is 31.9 Å². The first kappa shape index (κ1) is 11.8. The van der Waals surface area contributed by atoms with Gasteiger partial charge in [0.2, 0.25) is 0 Å². The Morgan fingerprint density at radius 3 is 3.00 bits per heavy atom. The average Bonchev–Trinajstić information content (AvgIpc) is 2.28. The number of nitrogens with zero attached hydrogens (tertiary/aromatic N) is 2. The summed E-state index contributed by atoms with van der Waals surface area (Å²) in [6.07, 6.45) is 1.30. The van der Waals surface area contributed by atoms with Crippen LogP contribution in [0.15, 0.2) is 18.2 Å². The number of halogens is 1. The lowest BCUT2D eigenvalue weighted by Crippen LogP contribution is -2.43. The van der Waals surface area contributed by atoms with Crippen LogP contribution in [-0.2, 0) is 0 Å². The molecule has 17 heavy (non-hydrogen) atoms. The third-order valence-electron chi connectivity index (χ3n) is 2.92. The van der Waals surface area contributed by atoms with Crippen molar-refractivity contribution >= 4 is 11.8 Å². The first-order valence-corrected chi connectivity index (χ1v) is 5.62. The number of hydrogen-bond donors (Lipinski definition) is 1. The Labute approximate surface area is 99.1 Å². The molecular formula is C12H15FN2O2. The van der Waals surface area contributed by atoms with Gasteiger partial charge in [0.1, 0.15) is 11.5 Å². The van der Waals surface area contributed by atoms with Crippen molar-refractivity contribution in [3.63, 3.8) is 0 Å². The number of carboxylic acid groups (broad SMARTS) is 1. The predicted octanol–water partition coefficient (Wildman–Crippen LogP) is 2.11. The molecule has 1 N–H and O–H groups in total. The number of piperidine rings is 1. The molecule has 0 radical (unpaired) electrons. The zero-order chi connectivity index (χ0) is 12.5. The minimum atomic E-state index is -1.22. The molecule has 1 saturated heterocycles. The largest absolute Gasteiger partial charge is 0.477 e. The number of carbonyl (C=O) groups is 1. The first-order valence-electron chi connectivity index (χ1n) is 5.62. The third-order valence-corrected chi connectivity index (χ3v) is 2.92. The van der Waals surface area contributed by atoms with Gasteiger partial charge in [-0.2, -0.15) is 0 Å². The topological polar surface area (TPSA) is 53.4 Å². The number of hydrogen-bond acceptors (Lipinski definition) is 3. The lowest BCUT2D eigenvalue weighted by molar-refractivity contribution is 0.0690. The van der Waals surface area contributed by atoms with E-state index >= 15 is 0 Å². The lowest BCUT2D eigenvalue weighted by atomic mass is 9.97. The minimum Gasteiger partial charge on any atom is -0.477 e. The minimum absolute atomic E-state index is 0.00589. The van der Waals surface area contributed by atoms with Gasteiger partial charge < -0.3 is 10.0 Å². The van der Waals surface area contributed by atoms with E-state index in [9.17, 15) is 9.18 Å². The van der Waals surface area contributed by atoms with Crippen molar-refractivity contribution in [2.75, 3.05) is 18.0 Å². The molecule has 1 aliphatic heterocycles. The summed E-state index contributed by atoms with van der Waals surface area (Å²) in [6.45, 7) is 2.55. The van der Waals surface area contributed by atoms with Crippen LogP contribution in [0.3, 0.4) is 0 Å². The summed E-state index contributed by atoms with van der Waals surface area (Å²) in [5.74, 6) is -0.527. The summed E-state index contributed by atoms with van der Waals surface area (Å²) in [5, 5.41) is 8.86. The van der Waals surface area contributed by atoms with Crippen molar-refractivity contribution in [1.82, 2.24) is 4.98 Å². The molecule has 1 aliphatic rings. The van der Waals surface area contributed by atoms with E-state index in [1.165, 1.54) is 6.07 Å². The van der Waals surface area contributed by atoms with Gasteiger partial charge in [0.15, 0.2) is 5.69 Å². The Hall–Kier alpha value is -1.65. The van der Waals surface area contributed by atoms with E-state index in [1.807, 2.05) is 0 Å². The molecule has 0 saturated carbocycles. The molecule has 1 aromatic heterocycles. The van der Waals surface area contributed by atoms with Gasteiger partial charge >= 0.3 is 5.97 Å². The zero-order valence-corrected chi connectivity index (χ0v) is 9.69. The standard InChI is InChI=1S/C12H15FN2O2/c1-12(13)6-3-7-15(8-12)10-5-2-4-9(14-10)11(16)17/h2,4-5H,3,6-8H2,1H3,(H,16,17). The molecule has 0 bridgehead atoms. The van der Waals surface area contributed by atoms with Crippen LogP contribution >= 0.6 is 0 Å². The Bertz CT molecular complexity index is 434. The smallest absolute Gasteiger partial charge is 0.354 e. The molecule has 0 aliphatic carbocycles. The molecule has 4 nitrogen and oxygen atoms in total. The Kier molecular flexibility index (Phi) is 3.00. The van der Waals surface area contributed by atoms with Gasteiger partial charge in [-0.3, -0.25) is 0 Å². The molecule has 0 amide bonds. The summed E-state index contributed by atoms with van der Waals surface area (Å²) in [5.41, 5.74) is -1.23. The van der Waals surface area contributed by atoms with Crippen LogP contribution in [0.25, 0.3) is 0 Å². The number of alkyl halides is 1. The van der Waals surface area contributed by atoms with Crippen molar-refractivity contribution in [1.29, 1.82) is 0 Å². The van der Waals surface area contributed by atoms with Crippen LogP contribution in [-0.4, -0.2) is 34.8 Å². The Morgan fingerprint density at radius 2 is 2.35 bits per heavy atom. The maximum absolute atomic E-state index is 13.9.